The Morgan fingerprint density at radius 1 is 1.56 bits per heavy atom. The van der Waals surface area contributed by atoms with Gasteiger partial charge in [0.1, 0.15) is 5.78 Å². The first-order valence-corrected chi connectivity index (χ1v) is 5.90. The minimum Gasteiger partial charge on any atom is -0.317 e. The normalized spacial score (nSPS) is 11.0. The van der Waals surface area contributed by atoms with E-state index in [1.807, 2.05) is 23.9 Å². The van der Waals surface area contributed by atoms with Crippen molar-refractivity contribution in [3.8, 4) is 0 Å². The molecule has 0 aliphatic rings. The van der Waals surface area contributed by atoms with Gasteiger partial charge in [0.25, 0.3) is 0 Å². The van der Waals surface area contributed by atoms with Crippen molar-refractivity contribution in [3.05, 3.63) is 18.0 Å². The van der Waals surface area contributed by atoms with Crippen molar-refractivity contribution in [2.75, 3.05) is 13.1 Å². The SMILES string of the molecule is CCNCCC(=O)Cc1ccn(C(C)C)n1. The summed E-state index contributed by atoms with van der Waals surface area (Å²) in [7, 11) is 0. The van der Waals surface area contributed by atoms with Gasteiger partial charge in [-0.1, -0.05) is 6.92 Å². The largest absolute Gasteiger partial charge is 0.317 e. The molecule has 0 unspecified atom stereocenters. The lowest BCUT2D eigenvalue weighted by Gasteiger charge is -2.03. The monoisotopic (exact) mass is 223 g/mol. The van der Waals surface area contributed by atoms with Crippen LogP contribution in [0.25, 0.3) is 0 Å². The third-order valence-corrected chi connectivity index (χ3v) is 2.40. The van der Waals surface area contributed by atoms with E-state index in [4.69, 9.17) is 0 Å². The molecule has 0 fully saturated rings. The number of Topliss-reactive ketones (excluding diaryl/α,β-unsaturated/α-hetero) is 1. The Balaban J connectivity index is 2.37. The van der Waals surface area contributed by atoms with Gasteiger partial charge in [0.2, 0.25) is 0 Å². The third-order valence-electron chi connectivity index (χ3n) is 2.40. The number of ketones is 1. The highest BCUT2D eigenvalue weighted by Crippen LogP contribution is 2.05. The summed E-state index contributed by atoms with van der Waals surface area (Å²) in [5.74, 6) is 0.245. The number of hydrogen-bond donors (Lipinski definition) is 1. The van der Waals surface area contributed by atoms with Gasteiger partial charge in [-0.15, -0.1) is 0 Å². The van der Waals surface area contributed by atoms with Crippen LogP contribution in [-0.4, -0.2) is 28.7 Å². The number of rotatable bonds is 7. The van der Waals surface area contributed by atoms with Crippen molar-refractivity contribution in [2.45, 2.75) is 39.7 Å². The van der Waals surface area contributed by atoms with Crippen LogP contribution in [0.4, 0.5) is 0 Å². The quantitative estimate of drug-likeness (QED) is 0.714. The Kier molecular flexibility index (Phi) is 5.19. The van der Waals surface area contributed by atoms with E-state index >= 15 is 0 Å². The minimum absolute atomic E-state index is 0.245. The second kappa shape index (κ2) is 6.43. The predicted octanol–water partition coefficient (Wildman–Crippen LogP) is 1.58. The number of nitrogens with zero attached hydrogens (tertiary/aromatic N) is 2. The van der Waals surface area contributed by atoms with Gasteiger partial charge in [-0.2, -0.15) is 5.10 Å². The lowest BCUT2D eigenvalue weighted by atomic mass is 10.2. The highest BCUT2D eigenvalue weighted by Gasteiger charge is 2.07. The predicted molar refractivity (Wildman–Crippen MR) is 64.5 cm³/mol. The van der Waals surface area contributed by atoms with E-state index in [-0.39, 0.29) is 5.78 Å². The first-order chi connectivity index (χ1) is 7.63. The van der Waals surface area contributed by atoms with E-state index in [0.29, 0.717) is 18.9 Å². The topological polar surface area (TPSA) is 46.9 Å². The van der Waals surface area contributed by atoms with Crippen LogP contribution in [0.15, 0.2) is 12.3 Å². The van der Waals surface area contributed by atoms with Crippen LogP contribution >= 0.6 is 0 Å². The maximum absolute atomic E-state index is 11.6. The van der Waals surface area contributed by atoms with E-state index in [0.717, 1.165) is 18.8 Å². The molecule has 0 spiro atoms. The zero-order chi connectivity index (χ0) is 12.0. The highest BCUT2D eigenvalue weighted by molar-refractivity contribution is 5.80. The van der Waals surface area contributed by atoms with Crippen LogP contribution in [0, 0.1) is 0 Å². The summed E-state index contributed by atoms with van der Waals surface area (Å²) in [6, 6.07) is 2.27. The van der Waals surface area contributed by atoms with Crippen LogP contribution in [0.2, 0.25) is 0 Å². The summed E-state index contributed by atoms with van der Waals surface area (Å²) in [6.07, 6.45) is 2.96. The highest BCUT2D eigenvalue weighted by atomic mass is 16.1. The summed E-state index contributed by atoms with van der Waals surface area (Å²) in [5, 5.41) is 7.50. The second-order valence-electron chi connectivity index (χ2n) is 4.20. The number of aromatic nitrogens is 2. The fraction of sp³-hybridized carbons (Fsp3) is 0.667. The zero-order valence-corrected chi connectivity index (χ0v) is 10.4. The van der Waals surface area contributed by atoms with Crippen LogP contribution in [0.5, 0.6) is 0 Å². The van der Waals surface area contributed by atoms with Gasteiger partial charge in [0.05, 0.1) is 12.1 Å². The molecule has 4 nitrogen and oxygen atoms in total. The maximum Gasteiger partial charge on any atom is 0.140 e. The molecule has 0 atom stereocenters. The molecule has 1 heterocycles. The van der Waals surface area contributed by atoms with Crippen LogP contribution in [0.1, 0.15) is 38.9 Å². The number of hydrogen-bond acceptors (Lipinski definition) is 3. The van der Waals surface area contributed by atoms with Crippen LogP contribution in [-0.2, 0) is 11.2 Å². The fourth-order valence-electron chi connectivity index (χ4n) is 1.45. The van der Waals surface area contributed by atoms with Crippen LogP contribution in [0.3, 0.4) is 0 Å². The molecule has 4 heteroatoms. The van der Waals surface area contributed by atoms with Gasteiger partial charge >= 0.3 is 0 Å². The molecule has 0 saturated carbocycles. The molecular weight excluding hydrogens is 202 g/mol. The van der Waals surface area contributed by atoms with Crippen molar-refractivity contribution in [3.63, 3.8) is 0 Å². The third kappa shape index (κ3) is 4.14. The first-order valence-electron chi connectivity index (χ1n) is 5.90. The molecule has 0 aromatic carbocycles. The summed E-state index contributed by atoms with van der Waals surface area (Å²) < 4.78 is 1.88. The van der Waals surface area contributed by atoms with Gasteiger partial charge in [-0.05, 0) is 26.5 Å². The van der Waals surface area contributed by atoms with Crippen LogP contribution < -0.4 is 5.32 Å². The lowest BCUT2D eigenvalue weighted by molar-refractivity contribution is -0.118. The summed E-state index contributed by atoms with van der Waals surface area (Å²) >= 11 is 0. The Morgan fingerprint density at radius 2 is 2.31 bits per heavy atom. The Morgan fingerprint density at radius 3 is 2.88 bits per heavy atom. The molecule has 0 amide bonds. The summed E-state index contributed by atoms with van der Waals surface area (Å²) in [5.41, 5.74) is 0.871. The van der Waals surface area contributed by atoms with Gasteiger partial charge in [-0.3, -0.25) is 9.48 Å². The van der Waals surface area contributed by atoms with E-state index in [1.165, 1.54) is 0 Å². The molecule has 0 saturated heterocycles. The number of carbonyl (C=O) groups is 1. The van der Waals surface area contributed by atoms with Crippen molar-refractivity contribution in [1.82, 2.24) is 15.1 Å². The van der Waals surface area contributed by atoms with Crippen molar-refractivity contribution in [1.29, 1.82) is 0 Å². The molecule has 90 valence electrons. The summed E-state index contributed by atoms with van der Waals surface area (Å²) in [6.45, 7) is 7.86. The number of carbonyl (C=O) groups excluding carboxylic acids is 1. The van der Waals surface area contributed by atoms with Gasteiger partial charge in [0.15, 0.2) is 0 Å². The van der Waals surface area contributed by atoms with Crippen molar-refractivity contribution >= 4 is 5.78 Å². The first kappa shape index (κ1) is 12.9. The maximum atomic E-state index is 11.6. The minimum atomic E-state index is 0.245. The van der Waals surface area contributed by atoms with E-state index in [1.54, 1.807) is 0 Å². The number of nitrogens with one attached hydrogen (secondary N) is 1. The smallest absolute Gasteiger partial charge is 0.140 e. The average molecular weight is 223 g/mol. The van der Waals surface area contributed by atoms with Gasteiger partial charge in [0, 0.05) is 25.2 Å². The molecule has 1 aromatic rings. The standard InChI is InChI=1S/C12H21N3O/c1-4-13-7-5-12(16)9-11-6-8-15(14-11)10(2)3/h6,8,10,13H,4-5,7,9H2,1-3H3. The molecule has 0 bridgehead atoms. The Labute approximate surface area is 97.0 Å². The van der Waals surface area contributed by atoms with Crippen molar-refractivity contribution in [2.24, 2.45) is 0 Å². The summed E-state index contributed by atoms with van der Waals surface area (Å²) in [4.78, 5) is 11.6. The lowest BCUT2D eigenvalue weighted by Crippen LogP contribution is -2.18. The zero-order valence-electron chi connectivity index (χ0n) is 10.4. The van der Waals surface area contributed by atoms with Gasteiger partial charge < -0.3 is 5.32 Å². The molecule has 1 rings (SSSR count). The fourth-order valence-corrected chi connectivity index (χ4v) is 1.45. The molecule has 1 N–H and O–H groups in total. The van der Waals surface area contributed by atoms with Crippen molar-refractivity contribution < 1.29 is 4.79 Å². The molecule has 0 aliphatic carbocycles. The molecule has 0 radical (unpaired) electrons. The van der Waals surface area contributed by atoms with E-state index in [9.17, 15) is 4.79 Å². The molecular formula is C12H21N3O. The van der Waals surface area contributed by atoms with E-state index in [2.05, 4.69) is 24.3 Å². The average Bonchev–Trinajstić information content (AvgIpc) is 2.66. The molecule has 1 aromatic heterocycles. The van der Waals surface area contributed by atoms with E-state index < -0.39 is 0 Å². The Hall–Kier alpha value is -1.16. The molecule has 0 aliphatic heterocycles. The second-order valence-corrected chi connectivity index (χ2v) is 4.20. The molecule has 16 heavy (non-hydrogen) atoms. The Bertz CT molecular complexity index is 331. The van der Waals surface area contributed by atoms with Gasteiger partial charge in [-0.25, -0.2) is 0 Å².